The molecule has 0 aliphatic heterocycles. The largest absolute Gasteiger partial charge is 0.458 e. The summed E-state index contributed by atoms with van der Waals surface area (Å²) >= 11 is 0. The van der Waals surface area contributed by atoms with Gasteiger partial charge in [-0.1, -0.05) is 37.8 Å². The first kappa shape index (κ1) is 16.5. The summed E-state index contributed by atoms with van der Waals surface area (Å²) in [6.07, 6.45) is 7.84. The predicted molar refractivity (Wildman–Crippen MR) is 91.8 cm³/mol. The van der Waals surface area contributed by atoms with E-state index in [1.165, 1.54) is 19.3 Å². The molecule has 0 aromatic heterocycles. The first-order chi connectivity index (χ1) is 10.6. The Hall–Kier alpha value is -1.35. The van der Waals surface area contributed by atoms with Crippen LogP contribution in [0.5, 0.6) is 0 Å². The number of rotatable bonds is 4. The number of benzene rings is 1. The molecule has 0 heterocycles. The monoisotopic (exact) mass is 315 g/mol. The zero-order valence-corrected chi connectivity index (χ0v) is 13.0. The van der Waals surface area contributed by atoms with Crippen LogP contribution >= 0.6 is 0 Å². The average molecular weight is 315 g/mol. The van der Waals surface area contributed by atoms with Crippen LogP contribution in [0.15, 0.2) is 30.3 Å². The fourth-order valence-corrected chi connectivity index (χ4v) is 5.40. The molecule has 4 fully saturated rings. The summed E-state index contributed by atoms with van der Waals surface area (Å²) in [6.45, 7) is 0. The van der Waals surface area contributed by atoms with E-state index in [1.807, 2.05) is 30.3 Å². The molecule has 0 radical (unpaired) electrons. The van der Waals surface area contributed by atoms with E-state index in [0.717, 1.165) is 42.6 Å². The van der Waals surface area contributed by atoms with Gasteiger partial charge >= 0.3 is 5.97 Å². The van der Waals surface area contributed by atoms with E-state index >= 15 is 0 Å². The van der Waals surface area contributed by atoms with Gasteiger partial charge in [-0.25, -0.2) is 0 Å². The number of ether oxygens (including phenoxy) is 1. The van der Waals surface area contributed by atoms with Crippen molar-refractivity contribution in [2.45, 2.75) is 64.0 Å². The van der Waals surface area contributed by atoms with Crippen LogP contribution in [0.2, 0.25) is 0 Å². The molecule has 3 heteroatoms. The summed E-state index contributed by atoms with van der Waals surface area (Å²) in [4.78, 5) is 12.5. The molecule has 4 aliphatic carbocycles. The van der Waals surface area contributed by atoms with Gasteiger partial charge in [0.1, 0.15) is 11.6 Å². The molecule has 1 aromatic carbocycles. The van der Waals surface area contributed by atoms with Gasteiger partial charge in [-0.2, -0.15) is 0 Å². The Morgan fingerprint density at radius 1 is 1.09 bits per heavy atom. The van der Waals surface area contributed by atoms with Crippen LogP contribution in [0.1, 0.15) is 51.5 Å². The molecule has 0 unspecified atom stereocenters. The summed E-state index contributed by atoms with van der Waals surface area (Å²) in [5.74, 6) is 2.14. The molecule has 0 saturated heterocycles. The van der Waals surface area contributed by atoms with E-state index in [4.69, 9.17) is 10.5 Å². The quantitative estimate of drug-likeness (QED) is 0.862. The fraction of sp³-hybridized carbons (Fsp3) is 0.650. The summed E-state index contributed by atoms with van der Waals surface area (Å²) in [7, 11) is 0. The molecule has 0 amide bonds. The first-order valence-electron chi connectivity index (χ1n) is 8.64. The first-order valence-corrected chi connectivity index (χ1v) is 8.64. The third-order valence-electron chi connectivity index (χ3n) is 5.90. The molecule has 4 aliphatic rings. The van der Waals surface area contributed by atoms with Gasteiger partial charge in [0.05, 0.1) is 0 Å². The van der Waals surface area contributed by atoms with Crippen molar-refractivity contribution < 1.29 is 9.53 Å². The summed E-state index contributed by atoms with van der Waals surface area (Å²) < 4.78 is 6.02. The van der Waals surface area contributed by atoms with Crippen molar-refractivity contribution in [2.24, 2.45) is 23.5 Å². The lowest BCUT2D eigenvalue weighted by Gasteiger charge is -2.55. The standard InChI is InChI=1S/C19H25NO2.CH4/c20-17(9-13-4-2-1-3-5-13)18(21)22-19-10-14-6-15(11-19)8-16(7-14)12-19;/h1-5,14-17H,6-12,20H2;1H4/t14?,15?,16?,17-,19?;/m0./s1. The second-order valence-corrected chi connectivity index (χ2v) is 7.82. The van der Waals surface area contributed by atoms with Gasteiger partial charge in [0, 0.05) is 0 Å². The van der Waals surface area contributed by atoms with Crippen molar-refractivity contribution in [1.29, 1.82) is 0 Å². The fourth-order valence-electron chi connectivity index (χ4n) is 5.40. The lowest BCUT2D eigenvalue weighted by Crippen LogP contribution is -2.54. The minimum absolute atomic E-state index is 0. The molecule has 23 heavy (non-hydrogen) atoms. The molecule has 4 saturated carbocycles. The van der Waals surface area contributed by atoms with Crippen molar-refractivity contribution in [3.63, 3.8) is 0 Å². The van der Waals surface area contributed by atoms with Gasteiger partial charge in [-0.15, -0.1) is 0 Å². The van der Waals surface area contributed by atoms with Crippen LogP contribution in [0.3, 0.4) is 0 Å². The molecule has 4 bridgehead atoms. The highest BCUT2D eigenvalue weighted by atomic mass is 16.6. The number of nitrogens with two attached hydrogens (primary N) is 1. The highest BCUT2D eigenvalue weighted by molar-refractivity contribution is 5.76. The van der Waals surface area contributed by atoms with Gasteiger partial charge in [0.15, 0.2) is 0 Å². The third kappa shape index (κ3) is 3.30. The Kier molecular flexibility index (Phi) is 4.50. The molecule has 5 rings (SSSR count). The van der Waals surface area contributed by atoms with Crippen LogP contribution in [0.4, 0.5) is 0 Å². The maximum absolute atomic E-state index is 12.5. The minimum Gasteiger partial charge on any atom is -0.458 e. The Balaban J connectivity index is 0.00000156. The smallest absolute Gasteiger partial charge is 0.323 e. The number of hydrogen-bond donors (Lipinski definition) is 1. The van der Waals surface area contributed by atoms with Gasteiger partial charge in [-0.05, 0) is 68.3 Å². The summed E-state index contributed by atoms with van der Waals surface area (Å²) in [5.41, 5.74) is 7.02. The minimum atomic E-state index is -0.546. The lowest BCUT2D eigenvalue weighted by molar-refractivity contribution is -0.188. The maximum atomic E-state index is 12.5. The highest BCUT2D eigenvalue weighted by Crippen LogP contribution is 2.57. The number of hydrogen-bond acceptors (Lipinski definition) is 3. The maximum Gasteiger partial charge on any atom is 0.323 e. The highest BCUT2D eigenvalue weighted by Gasteiger charge is 2.53. The van der Waals surface area contributed by atoms with Crippen molar-refractivity contribution in [1.82, 2.24) is 0 Å². The van der Waals surface area contributed by atoms with Crippen molar-refractivity contribution >= 4 is 5.97 Å². The Morgan fingerprint density at radius 3 is 2.13 bits per heavy atom. The summed E-state index contributed by atoms with van der Waals surface area (Å²) in [6, 6.07) is 9.41. The number of carbonyl (C=O) groups is 1. The normalized spacial score (nSPS) is 35.4. The van der Waals surface area contributed by atoms with Crippen LogP contribution in [0.25, 0.3) is 0 Å². The van der Waals surface area contributed by atoms with Gasteiger partial charge < -0.3 is 10.5 Å². The second kappa shape index (κ2) is 6.27. The lowest BCUT2D eigenvalue weighted by atomic mass is 9.54. The topological polar surface area (TPSA) is 52.3 Å². The van der Waals surface area contributed by atoms with E-state index in [0.29, 0.717) is 6.42 Å². The van der Waals surface area contributed by atoms with Crippen LogP contribution < -0.4 is 5.73 Å². The molecular weight excluding hydrogens is 286 g/mol. The molecule has 1 aromatic rings. The average Bonchev–Trinajstić information content (AvgIpc) is 2.46. The second-order valence-electron chi connectivity index (χ2n) is 7.82. The Bertz CT molecular complexity index is 519. The van der Waals surface area contributed by atoms with Crippen LogP contribution in [0, 0.1) is 17.8 Å². The molecule has 3 nitrogen and oxygen atoms in total. The molecule has 2 N–H and O–H groups in total. The van der Waals surface area contributed by atoms with Crippen LogP contribution in [-0.2, 0) is 16.0 Å². The van der Waals surface area contributed by atoms with Crippen LogP contribution in [-0.4, -0.2) is 17.6 Å². The third-order valence-corrected chi connectivity index (χ3v) is 5.90. The summed E-state index contributed by atoms with van der Waals surface area (Å²) in [5, 5.41) is 0. The number of esters is 1. The van der Waals surface area contributed by atoms with Gasteiger partial charge in [-0.3, -0.25) is 4.79 Å². The van der Waals surface area contributed by atoms with E-state index in [-0.39, 0.29) is 19.0 Å². The molecule has 0 spiro atoms. The van der Waals surface area contributed by atoms with E-state index in [1.54, 1.807) is 0 Å². The van der Waals surface area contributed by atoms with Crippen molar-refractivity contribution in [3.8, 4) is 0 Å². The Morgan fingerprint density at radius 2 is 1.61 bits per heavy atom. The molecular formula is C20H29NO2. The SMILES string of the molecule is C.N[C@@H](Cc1ccccc1)C(=O)OC12CC3CC(CC(C3)C1)C2. The van der Waals surface area contributed by atoms with E-state index in [9.17, 15) is 4.79 Å². The van der Waals surface area contributed by atoms with Gasteiger partial charge in [0.2, 0.25) is 0 Å². The van der Waals surface area contributed by atoms with Crippen molar-refractivity contribution in [2.75, 3.05) is 0 Å². The number of carbonyl (C=O) groups excluding carboxylic acids is 1. The molecule has 1 atom stereocenters. The zero-order valence-electron chi connectivity index (χ0n) is 13.0. The van der Waals surface area contributed by atoms with Crippen molar-refractivity contribution in [3.05, 3.63) is 35.9 Å². The predicted octanol–water partition coefficient (Wildman–Crippen LogP) is 3.70. The zero-order chi connectivity index (χ0) is 15.2. The Labute approximate surface area is 139 Å². The van der Waals surface area contributed by atoms with E-state index in [2.05, 4.69) is 0 Å². The van der Waals surface area contributed by atoms with Gasteiger partial charge in [0.25, 0.3) is 0 Å². The van der Waals surface area contributed by atoms with E-state index < -0.39 is 6.04 Å². The molecule has 126 valence electrons.